The number of nitrogens with zero attached hydrogens (tertiary/aromatic N) is 4. The molecule has 0 unspecified atom stereocenters. The maximum Gasteiger partial charge on any atom is 0.286 e. The third-order valence-corrected chi connectivity index (χ3v) is 5.52. The summed E-state index contributed by atoms with van der Waals surface area (Å²) >= 11 is 0. The SMILES string of the molecule is NC(=O)c1ncccn1.c1ccc2c(c1)ccc1c3c(ccc12)CCCC3.c1cnccn1. The molecular formula is C27H25N5O. The highest BCUT2D eigenvalue weighted by Crippen LogP contribution is 2.33. The maximum atomic E-state index is 10.3. The topological polar surface area (TPSA) is 94.7 Å². The van der Waals surface area contributed by atoms with Crippen molar-refractivity contribution < 1.29 is 4.79 Å². The molecule has 0 bridgehead atoms. The van der Waals surface area contributed by atoms with Crippen LogP contribution in [-0.2, 0) is 12.8 Å². The first kappa shape index (κ1) is 22.0. The highest BCUT2D eigenvalue weighted by Gasteiger charge is 2.13. The van der Waals surface area contributed by atoms with E-state index in [4.69, 9.17) is 5.73 Å². The van der Waals surface area contributed by atoms with E-state index in [0.717, 1.165) is 0 Å². The summed E-state index contributed by atoms with van der Waals surface area (Å²) in [6.07, 6.45) is 14.7. The predicted octanol–water partition coefficient (Wildman–Crippen LogP) is 4.92. The van der Waals surface area contributed by atoms with E-state index in [2.05, 4.69) is 68.5 Å². The first-order valence-electron chi connectivity index (χ1n) is 10.9. The fourth-order valence-electron chi connectivity index (χ4n) is 4.02. The van der Waals surface area contributed by atoms with Gasteiger partial charge in [0.05, 0.1) is 0 Å². The number of carbonyl (C=O) groups is 1. The second-order valence-corrected chi connectivity index (χ2v) is 7.62. The molecule has 6 heteroatoms. The summed E-state index contributed by atoms with van der Waals surface area (Å²) in [7, 11) is 0. The molecule has 0 radical (unpaired) electrons. The zero-order valence-electron chi connectivity index (χ0n) is 18.3. The van der Waals surface area contributed by atoms with Crippen molar-refractivity contribution in [3.63, 3.8) is 0 Å². The Hall–Kier alpha value is -4.19. The molecule has 0 fully saturated rings. The number of hydrogen-bond acceptors (Lipinski definition) is 5. The predicted molar refractivity (Wildman–Crippen MR) is 131 cm³/mol. The largest absolute Gasteiger partial charge is 0.363 e. The average molecular weight is 436 g/mol. The Morgan fingerprint density at radius 2 is 1.33 bits per heavy atom. The summed E-state index contributed by atoms with van der Waals surface area (Å²) < 4.78 is 0. The fraction of sp³-hybridized carbons (Fsp3) is 0.148. The standard InChI is InChI=1S/C18H16.C5H5N3O.C4H4N2/c1-3-7-15-13(5-1)9-11-18-16-8-4-2-6-14(16)10-12-17(15)18;6-4(9)5-7-2-1-3-8-5;1-2-6-4-3-5-1/h1,3,5,7,9-12H,2,4,6,8H2;1-3H,(H2,6,9);1-4H. The van der Waals surface area contributed by atoms with Crippen LogP contribution in [0.4, 0.5) is 0 Å². The van der Waals surface area contributed by atoms with Crippen molar-refractivity contribution in [3.05, 3.63) is 109 Å². The maximum absolute atomic E-state index is 10.3. The van der Waals surface area contributed by atoms with Crippen LogP contribution in [0.25, 0.3) is 21.5 Å². The number of benzene rings is 3. The summed E-state index contributed by atoms with van der Waals surface area (Å²) in [5.41, 5.74) is 8.02. The molecule has 164 valence electrons. The first-order chi connectivity index (χ1) is 16.2. The molecule has 1 aliphatic carbocycles. The third kappa shape index (κ3) is 5.54. The van der Waals surface area contributed by atoms with Gasteiger partial charge in [-0.15, -0.1) is 0 Å². The summed E-state index contributed by atoms with van der Waals surface area (Å²) in [5.74, 6) is -0.548. The zero-order valence-corrected chi connectivity index (χ0v) is 18.3. The van der Waals surface area contributed by atoms with E-state index in [-0.39, 0.29) is 5.82 Å². The Labute approximate surface area is 192 Å². The number of aromatic nitrogens is 4. The van der Waals surface area contributed by atoms with Crippen molar-refractivity contribution in [2.75, 3.05) is 0 Å². The van der Waals surface area contributed by atoms with Gasteiger partial charge >= 0.3 is 0 Å². The van der Waals surface area contributed by atoms with E-state index in [9.17, 15) is 4.79 Å². The van der Waals surface area contributed by atoms with Crippen LogP contribution < -0.4 is 5.73 Å². The van der Waals surface area contributed by atoms with Gasteiger partial charge < -0.3 is 5.73 Å². The smallest absolute Gasteiger partial charge is 0.286 e. The highest BCUT2D eigenvalue weighted by atomic mass is 16.1. The monoisotopic (exact) mass is 435 g/mol. The van der Waals surface area contributed by atoms with Gasteiger partial charge in [-0.3, -0.25) is 14.8 Å². The van der Waals surface area contributed by atoms with Crippen LogP contribution in [0, 0.1) is 0 Å². The molecule has 2 aromatic heterocycles. The Balaban J connectivity index is 0.000000144. The first-order valence-corrected chi connectivity index (χ1v) is 10.9. The molecule has 1 amide bonds. The van der Waals surface area contributed by atoms with Crippen molar-refractivity contribution in [1.82, 2.24) is 19.9 Å². The molecule has 0 spiro atoms. The number of carbonyl (C=O) groups excluding carboxylic acids is 1. The summed E-state index contributed by atoms with van der Waals surface area (Å²) in [4.78, 5) is 24.9. The molecule has 6 rings (SSSR count). The van der Waals surface area contributed by atoms with Crippen molar-refractivity contribution in [2.45, 2.75) is 25.7 Å². The number of primary amides is 1. The van der Waals surface area contributed by atoms with Crippen LogP contribution in [0.1, 0.15) is 34.6 Å². The van der Waals surface area contributed by atoms with E-state index in [1.807, 2.05) is 0 Å². The van der Waals surface area contributed by atoms with Gasteiger partial charge in [0.15, 0.2) is 0 Å². The van der Waals surface area contributed by atoms with E-state index in [0.29, 0.717) is 0 Å². The molecule has 5 aromatic rings. The Morgan fingerprint density at radius 3 is 2.00 bits per heavy atom. The van der Waals surface area contributed by atoms with Crippen LogP contribution >= 0.6 is 0 Å². The lowest BCUT2D eigenvalue weighted by Crippen LogP contribution is -2.14. The van der Waals surface area contributed by atoms with Crippen molar-refractivity contribution in [2.24, 2.45) is 5.73 Å². The lowest BCUT2D eigenvalue weighted by atomic mass is 9.86. The number of amides is 1. The van der Waals surface area contributed by atoms with Crippen LogP contribution in [0.15, 0.2) is 91.8 Å². The Bertz CT molecular complexity index is 1310. The van der Waals surface area contributed by atoms with Crippen LogP contribution in [0.5, 0.6) is 0 Å². The summed E-state index contributed by atoms with van der Waals surface area (Å²) in [6, 6.07) is 19.6. The third-order valence-electron chi connectivity index (χ3n) is 5.52. The summed E-state index contributed by atoms with van der Waals surface area (Å²) in [5, 5.41) is 5.64. The quantitative estimate of drug-likeness (QED) is 0.377. The number of rotatable bonds is 1. The number of aryl methyl sites for hydroxylation is 2. The number of hydrogen-bond donors (Lipinski definition) is 1. The minimum absolute atomic E-state index is 0.0532. The lowest BCUT2D eigenvalue weighted by molar-refractivity contribution is 0.0990. The van der Waals surface area contributed by atoms with Gasteiger partial charge in [-0.25, -0.2) is 9.97 Å². The Kier molecular flexibility index (Phi) is 7.28. The molecule has 0 saturated heterocycles. The van der Waals surface area contributed by atoms with Crippen LogP contribution in [0.2, 0.25) is 0 Å². The van der Waals surface area contributed by atoms with Gasteiger partial charge in [-0.2, -0.15) is 0 Å². The molecule has 0 atom stereocenters. The van der Waals surface area contributed by atoms with Gasteiger partial charge in [0.1, 0.15) is 0 Å². The second kappa shape index (κ2) is 10.9. The summed E-state index contributed by atoms with van der Waals surface area (Å²) in [6.45, 7) is 0. The van der Waals surface area contributed by atoms with Gasteiger partial charge in [-0.1, -0.05) is 48.5 Å². The zero-order chi connectivity index (χ0) is 22.9. The average Bonchev–Trinajstić information content (AvgIpc) is 2.90. The van der Waals surface area contributed by atoms with E-state index < -0.39 is 5.91 Å². The number of nitrogens with two attached hydrogens (primary N) is 1. The molecule has 0 saturated carbocycles. The van der Waals surface area contributed by atoms with Gasteiger partial charge in [0.2, 0.25) is 5.82 Å². The Morgan fingerprint density at radius 1 is 0.667 bits per heavy atom. The highest BCUT2D eigenvalue weighted by molar-refractivity contribution is 6.08. The van der Waals surface area contributed by atoms with E-state index >= 15 is 0 Å². The van der Waals surface area contributed by atoms with Gasteiger partial charge in [-0.05, 0) is 64.4 Å². The van der Waals surface area contributed by atoms with Gasteiger partial charge in [0.25, 0.3) is 5.91 Å². The van der Waals surface area contributed by atoms with Crippen molar-refractivity contribution >= 4 is 27.5 Å². The van der Waals surface area contributed by atoms with E-state index in [1.54, 1.807) is 42.0 Å². The molecule has 2 N–H and O–H groups in total. The molecule has 1 aliphatic rings. The molecule has 6 nitrogen and oxygen atoms in total. The number of fused-ring (bicyclic) bond motifs is 5. The molecule has 2 heterocycles. The lowest BCUT2D eigenvalue weighted by Gasteiger charge is -2.18. The molecule has 0 aliphatic heterocycles. The second-order valence-electron chi connectivity index (χ2n) is 7.62. The molecular weight excluding hydrogens is 410 g/mol. The minimum Gasteiger partial charge on any atom is -0.363 e. The van der Waals surface area contributed by atoms with E-state index in [1.165, 1.54) is 59.6 Å². The normalized spacial score (nSPS) is 12.0. The minimum atomic E-state index is -0.601. The molecule has 33 heavy (non-hydrogen) atoms. The van der Waals surface area contributed by atoms with Crippen LogP contribution in [-0.4, -0.2) is 25.8 Å². The molecule has 3 aromatic carbocycles. The van der Waals surface area contributed by atoms with Gasteiger partial charge in [0, 0.05) is 37.2 Å². The fourth-order valence-corrected chi connectivity index (χ4v) is 4.02. The van der Waals surface area contributed by atoms with Crippen molar-refractivity contribution in [3.8, 4) is 0 Å². The van der Waals surface area contributed by atoms with Crippen LogP contribution in [0.3, 0.4) is 0 Å². The van der Waals surface area contributed by atoms with Crippen molar-refractivity contribution in [1.29, 1.82) is 0 Å².